The van der Waals surface area contributed by atoms with Gasteiger partial charge in [0, 0.05) is 6.04 Å². The Balaban J connectivity index is 2.53. The molecule has 96 valence electrons. The lowest BCUT2D eigenvalue weighted by atomic mass is 9.98. The van der Waals surface area contributed by atoms with Crippen molar-refractivity contribution in [2.45, 2.75) is 39.2 Å². The summed E-state index contributed by atoms with van der Waals surface area (Å²) in [6.07, 6.45) is 2.80. The lowest BCUT2D eigenvalue weighted by Crippen LogP contribution is -2.23. The van der Waals surface area contributed by atoms with E-state index in [9.17, 15) is 4.39 Å². The van der Waals surface area contributed by atoms with Crippen LogP contribution < -0.4 is 10.5 Å². The smallest absolute Gasteiger partial charge is 0.165 e. The Bertz CT molecular complexity index is 352. The molecule has 1 aromatic rings. The second-order valence-electron chi connectivity index (χ2n) is 4.90. The molecular formula is C14H22FNO. The van der Waals surface area contributed by atoms with Crippen molar-refractivity contribution in [1.82, 2.24) is 0 Å². The zero-order chi connectivity index (χ0) is 12.8. The van der Waals surface area contributed by atoms with Crippen LogP contribution >= 0.6 is 0 Å². The average Bonchev–Trinajstić information content (AvgIpc) is 2.26. The molecule has 0 aliphatic heterocycles. The van der Waals surface area contributed by atoms with Crippen LogP contribution in [0.5, 0.6) is 5.75 Å². The highest BCUT2D eigenvalue weighted by atomic mass is 19.1. The minimum absolute atomic E-state index is 0.102. The van der Waals surface area contributed by atoms with Crippen molar-refractivity contribution in [3.8, 4) is 5.75 Å². The van der Waals surface area contributed by atoms with Gasteiger partial charge >= 0.3 is 0 Å². The molecule has 0 spiro atoms. The topological polar surface area (TPSA) is 35.2 Å². The Kier molecular flexibility index (Phi) is 5.42. The SMILES string of the molecule is COc1ccc(CC(N)CCC(C)C)cc1F. The van der Waals surface area contributed by atoms with Crippen molar-refractivity contribution in [2.24, 2.45) is 11.7 Å². The van der Waals surface area contributed by atoms with Gasteiger partial charge in [0.25, 0.3) is 0 Å². The van der Waals surface area contributed by atoms with E-state index in [0.29, 0.717) is 12.3 Å². The maximum absolute atomic E-state index is 13.4. The van der Waals surface area contributed by atoms with Crippen molar-refractivity contribution in [3.63, 3.8) is 0 Å². The highest BCUT2D eigenvalue weighted by Gasteiger charge is 2.08. The Morgan fingerprint density at radius 3 is 2.53 bits per heavy atom. The second kappa shape index (κ2) is 6.60. The van der Waals surface area contributed by atoms with Gasteiger partial charge in [0.15, 0.2) is 11.6 Å². The number of nitrogens with two attached hydrogens (primary N) is 1. The molecule has 3 heteroatoms. The van der Waals surface area contributed by atoms with Gasteiger partial charge in [-0.2, -0.15) is 0 Å². The molecule has 0 saturated carbocycles. The summed E-state index contributed by atoms with van der Waals surface area (Å²) in [5.74, 6) is 0.624. The molecule has 1 atom stereocenters. The molecule has 0 heterocycles. The number of rotatable bonds is 6. The molecule has 2 N–H and O–H groups in total. The largest absolute Gasteiger partial charge is 0.494 e. The van der Waals surface area contributed by atoms with Crippen molar-refractivity contribution < 1.29 is 9.13 Å². The summed E-state index contributed by atoms with van der Waals surface area (Å²) in [4.78, 5) is 0. The first-order valence-corrected chi connectivity index (χ1v) is 6.11. The molecule has 1 rings (SSSR count). The number of hydrogen-bond acceptors (Lipinski definition) is 2. The van der Waals surface area contributed by atoms with Gasteiger partial charge in [0.05, 0.1) is 7.11 Å². The van der Waals surface area contributed by atoms with Crippen LogP contribution in [0.1, 0.15) is 32.3 Å². The first-order valence-electron chi connectivity index (χ1n) is 6.11. The minimum atomic E-state index is -0.318. The van der Waals surface area contributed by atoms with Gasteiger partial charge in [0.2, 0.25) is 0 Å². The third kappa shape index (κ3) is 4.73. The van der Waals surface area contributed by atoms with Gasteiger partial charge in [-0.1, -0.05) is 19.9 Å². The van der Waals surface area contributed by atoms with Crippen LogP contribution in [0.25, 0.3) is 0 Å². The van der Waals surface area contributed by atoms with E-state index in [4.69, 9.17) is 10.5 Å². The molecule has 0 amide bonds. The Labute approximate surface area is 103 Å². The molecule has 0 aliphatic carbocycles. The van der Waals surface area contributed by atoms with Gasteiger partial charge < -0.3 is 10.5 Å². The fourth-order valence-electron chi connectivity index (χ4n) is 1.79. The van der Waals surface area contributed by atoms with Crippen molar-refractivity contribution in [3.05, 3.63) is 29.6 Å². The highest BCUT2D eigenvalue weighted by molar-refractivity contribution is 5.29. The summed E-state index contributed by atoms with van der Waals surface area (Å²) < 4.78 is 18.3. The van der Waals surface area contributed by atoms with Crippen LogP contribution in [-0.2, 0) is 6.42 Å². The molecular weight excluding hydrogens is 217 g/mol. The Hall–Kier alpha value is -1.09. The van der Waals surface area contributed by atoms with Crippen LogP contribution in [0.4, 0.5) is 4.39 Å². The first-order chi connectivity index (χ1) is 8.02. The fraction of sp³-hybridized carbons (Fsp3) is 0.571. The van der Waals surface area contributed by atoms with E-state index in [0.717, 1.165) is 18.4 Å². The summed E-state index contributed by atoms with van der Waals surface area (Å²) in [7, 11) is 1.46. The number of benzene rings is 1. The van der Waals surface area contributed by atoms with E-state index in [1.807, 2.05) is 6.07 Å². The molecule has 0 fully saturated rings. The molecule has 17 heavy (non-hydrogen) atoms. The fourth-order valence-corrected chi connectivity index (χ4v) is 1.79. The van der Waals surface area contributed by atoms with Crippen molar-refractivity contribution >= 4 is 0 Å². The van der Waals surface area contributed by atoms with Crippen molar-refractivity contribution in [1.29, 1.82) is 0 Å². The summed E-state index contributed by atoms with van der Waals surface area (Å²) >= 11 is 0. The van der Waals surface area contributed by atoms with E-state index in [-0.39, 0.29) is 17.6 Å². The average molecular weight is 239 g/mol. The van der Waals surface area contributed by atoms with Crippen molar-refractivity contribution in [2.75, 3.05) is 7.11 Å². The number of hydrogen-bond donors (Lipinski definition) is 1. The Morgan fingerprint density at radius 2 is 2.00 bits per heavy atom. The molecule has 0 bridgehead atoms. The molecule has 0 radical (unpaired) electrons. The van der Waals surface area contributed by atoms with Crippen LogP contribution in [0.15, 0.2) is 18.2 Å². The molecule has 0 saturated heterocycles. The number of ether oxygens (including phenoxy) is 1. The zero-order valence-corrected chi connectivity index (χ0v) is 10.9. The van der Waals surface area contributed by atoms with Crippen LogP contribution in [0.3, 0.4) is 0 Å². The van der Waals surface area contributed by atoms with E-state index in [2.05, 4.69) is 13.8 Å². The van der Waals surface area contributed by atoms with Gasteiger partial charge in [-0.15, -0.1) is 0 Å². The van der Waals surface area contributed by atoms with Gasteiger partial charge in [0.1, 0.15) is 0 Å². The van der Waals surface area contributed by atoms with E-state index < -0.39 is 0 Å². The lowest BCUT2D eigenvalue weighted by Gasteiger charge is -2.13. The minimum Gasteiger partial charge on any atom is -0.494 e. The monoisotopic (exact) mass is 239 g/mol. The zero-order valence-electron chi connectivity index (χ0n) is 10.9. The van der Waals surface area contributed by atoms with Gasteiger partial charge in [-0.3, -0.25) is 0 Å². The highest BCUT2D eigenvalue weighted by Crippen LogP contribution is 2.19. The third-order valence-corrected chi connectivity index (χ3v) is 2.83. The first kappa shape index (κ1) is 14.0. The Morgan fingerprint density at radius 1 is 1.29 bits per heavy atom. The molecule has 0 aromatic heterocycles. The quantitative estimate of drug-likeness (QED) is 0.827. The standard InChI is InChI=1S/C14H22FNO/c1-10(2)4-6-12(16)8-11-5-7-14(17-3)13(15)9-11/h5,7,9-10,12H,4,6,8,16H2,1-3H3. The molecule has 2 nitrogen and oxygen atoms in total. The summed E-state index contributed by atoms with van der Waals surface area (Å²) in [6.45, 7) is 4.36. The van der Waals surface area contributed by atoms with Crippen LogP contribution in [-0.4, -0.2) is 13.2 Å². The maximum Gasteiger partial charge on any atom is 0.165 e. The molecule has 1 unspecified atom stereocenters. The molecule has 0 aliphatic rings. The maximum atomic E-state index is 13.4. The number of methoxy groups -OCH3 is 1. The predicted molar refractivity (Wildman–Crippen MR) is 68.7 cm³/mol. The summed E-state index contributed by atoms with van der Waals surface area (Å²) in [6, 6.07) is 5.13. The van der Waals surface area contributed by atoms with E-state index in [1.165, 1.54) is 13.2 Å². The lowest BCUT2D eigenvalue weighted by molar-refractivity contribution is 0.386. The normalized spacial score (nSPS) is 12.8. The summed E-state index contributed by atoms with van der Waals surface area (Å²) in [5.41, 5.74) is 6.95. The van der Waals surface area contributed by atoms with E-state index >= 15 is 0 Å². The van der Waals surface area contributed by atoms with Crippen LogP contribution in [0, 0.1) is 11.7 Å². The van der Waals surface area contributed by atoms with Gasteiger partial charge in [-0.25, -0.2) is 4.39 Å². The summed E-state index contributed by atoms with van der Waals surface area (Å²) in [5, 5.41) is 0. The van der Waals surface area contributed by atoms with Crippen LogP contribution in [0.2, 0.25) is 0 Å². The molecule has 1 aromatic carbocycles. The predicted octanol–water partition coefficient (Wildman–Crippen LogP) is 3.14. The number of halogens is 1. The van der Waals surface area contributed by atoms with Gasteiger partial charge in [-0.05, 0) is 42.9 Å². The third-order valence-electron chi connectivity index (χ3n) is 2.83. The van der Waals surface area contributed by atoms with E-state index in [1.54, 1.807) is 6.07 Å². The second-order valence-corrected chi connectivity index (χ2v) is 4.90.